The van der Waals surface area contributed by atoms with Crippen LogP contribution in [0.2, 0.25) is 0 Å². The molecular formula is C19H29N4O4+. The summed E-state index contributed by atoms with van der Waals surface area (Å²) in [6.45, 7) is 6.14. The summed E-state index contributed by atoms with van der Waals surface area (Å²) in [4.78, 5) is 12.0. The van der Waals surface area contributed by atoms with Crippen LogP contribution in [0.1, 0.15) is 39.2 Å². The predicted octanol–water partition coefficient (Wildman–Crippen LogP) is 0.753. The molecule has 0 bridgehead atoms. The fraction of sp³-hybridized carbons (Fsp3) is 0.526. The fourth-order valence-electron chi connectivity index (χ4n) is 3.53. The Balaban J connectivity index is 1.78. The third-order valence-corrected chi connectivity index (χ3v) is 4.83. The highest BCUT2D eigenvalue weighted by molar-refractivity contribution is 5.68. The number of carbonyl (C=O) groups excluding carboxylic acids is 1. The molecule has 0 radical (unpaired) electrons. The number of carbonyl (C=O) groups is 1. The van der Waals surface area contributed by atoms with Gasteiger partial charge in [0.25, 0.3) is 0 Å². The highest BCUT2D eigenvalue weighted by Crippen LogP contribution is 2.36. The normalized spacial score (nSPS) is 24.8. The van der Waals surface area contributed by atoms with Crippen molar-refractivity contribution in [2.24, 2.45) is 0 Å². The van der Waals surface area contributed by atoms with Crippen molar-refractivity contribution in [3.63, 3.8) is 0 Å². The molecule has 0 unspecified atom stereocenters. The third-order valence-electron chi connectivity index (χ3n) is 4.83. The van der Waals surface area contributed by atoms with Gasteiger partial charge in [0.2, 0.25) is 0 Å². The van der Waals surface area contributed by atoms with Gasteiger partial charge in [-0.1, -0.05) is 17.7 Å². The van der Waals surface area contributed by atoms with Gasteiger partial charge < -0.3 is 19.9 Å². The molecular weight excluding hydrogens is 348 g/mol. The summed E-state index contributed by atoms with van der Waals surface area (Å²) in [5, 5.41) is 15.6. The van der Waals surface area contributed by atoms with Crippen molar-refractivity contribution in [1.29, 1.82) is 0 Å². The van der Waals surface area contributed by atoms with E-state index >= 15 is 0 Å². The number of hydrogen-bond acceptors (Lipinski definition) is 6. The van der Waals surface area contributed by atoms with Crippen LogP contribution in [0.5, 0.6) is 5.75 Å². The molecule has 2 atom stereocenters. The quantitative estimate of drug-likeness (QED) is 0.565. The van der Waals surface area contributed by atoms with Crippen LogP contribution in [-0.2, 0) is 11.3 Å². The number of alkyl carbamates (subject to hydrolysis) is 1. The molecule has 0 spiro atoms. The van der Waals surface area contributed by atoms with Gasteiger partial charge in [0.15, 0.2) is 11.8 Å². The first-order valence-electron chi connectivity index (χ1n) is 9.24. The Hall–Kier alpha value is -2.29. The highest BCUT2D eigenvalue weighted by atomic mass is 16.6. The van der Waals surface area contributed by atoms with Crippen LogP contribution >= 0.6 is 0 Å². The van der Waals surface area contributed by atoms with Crippen LogP contribution in [-0.4, -0.2) is 41.1 Å². The van der Waals surface area contributed by atoms with E-state index in [-0.39, 0.29) is 12.1 Å². The summed E-state index contributed by atoms with van der Waals surface area (Å²) in [5.74, 6) is 0.800. The van der Waals surface area contributed by atoms with Gasteiger partial charge in [-0.05, 0) is 51.3 Å². The molecule has 2 aliphatic rings. The molecule has 1 heterocycles. The number of quaternary nitrogens is 1. The maximum Gasteiger partial charge on any atom is 0.408 e. The zero-order valence-electron chi connectivity index (χ0n) is 16.3. The van der Waals surface area contributed by atoms with Gasteiger partial charge in [-0.3, -0.25) is 5.01 Å². The van der Waals surface area contributed by atoms with Gasteiger partial charge in [0.1, 0.15) is 17.0 Å². The molecule has 1 aliphatic carbocycles. The molecule has 8 nitrogen and oxygen atoms in total. The number of amides is 1. The standard InChI is InChI=1S/C19H28N4O4/c1-12(2)20-18(24)27-15-9-10-19(3,25)17-16(15)21-22-23(17)11-13-5-7-14(26-4)8-6-13/h5-8,12,15,21-22,25H,9-11H2,1-4H3,(H,20,24)/p+1/t15-,19-/m1/s1. The maximum atomic E-state index is 12.0. The SMILES string of the molecule is COc1ccc(CN2N[NH2+]C3=C2[C@](C)(O)CC[C@H]3OC(=O)NC(C)C)cc1. The van der Waals surface area contributed by atoms with E-state index in [9.17, 15) is 9.90 Å². The molecule has 0 aromatic heterocycles. The van der Waals surface area contributed by atoms with Gasteiger partial charge in [0, 0.05) is 6.04 Å². The number of nitrogens with two attached hydrogens (primary N) is 1. The van der Waals surface area contributed by atoms with Crippen molar-refractivity contribution in [3.8, 4) is 5.75 Å². The topological polar surface area (TPSA) is 99.7 Å². The lowest BCUT2D eigenvalue weighted by atomic mass is 9.85. The minimum atomic E-state index is -0.990. The molecule has 8 heteroatoms. The molecule has 3 rings (SSSR count). The summed E-state index contributed by atoms with van der Waals surface area (Å²) < 4.78 is 10.8. The largest absolute Gasteiger partial charge is 0.497 e. The third kappa shape index (κ3) is 4.35. The van der Waals surface area contributed by atoms with E-state index in [1.54, 1.807) is 14.0 Å². The van der Waals surface area contributed by atoms with Crippen LogP contribution in [0.25, 0.3) is 0 Å². The molecule has 1 aliphatic heterocycles. The second kappa shape index (κ2) is 7.75. The highest BCUT2D eigenvalue weighted by Gasteiger charge is 2.48. The molecule has 5 N–H and O–H groups in total. The summed E-state index contributed by atoms with van der Waals surface area (Å²) in [6, 6.07) is 7.80. The van der Waals surface area contributed by atoms with E-state index in [1.807, 2.05) is 48.5 Å². The summed E-state index contributed by atoms with van der Waals surface area (Å²) >= 11 is 0. The first-order chi connectivity index (χ1) is 12.8. The molecule has 1 aromatic rings. The van der Waals surface area contributed by atoms with Crippen LogP contribution in [0.15, 0.2) is 35.7 Å². The lowest BCUT2D eigenvalue weighted by molar-refractivity contribution is -0.681. The molecule has 27 heavy (non-hydrogen) atoms. The number of hydrazine groups is 1. The van der Waals surface area contributed by atoms with Gasteiger partial charge in [-0.25, -0.2) is 10.2 Å². The Morgan fingerprint density at radius 1 is 1.44 bits per heavy atom. The zero-order chi connectivity index (χ0) is 19.6. The summed E-state index contributed by atoms with van der Waals surface area (Å²) in [7, 11) is 1.64. The maximum absolute atomic E-state index is 12.0. The molecule has 1 aromatic carbocycles. The number of nitrogens with zero attached hydrogens (tertiary/aromatic N) is 1. The van der Waals surface area contributed by atoms with E-state index in [2.05, 4.69) is 10.9 Å². The first kappa shape index (κ1) is 19.5. The summed E-state index contributed by atoms with van der Waals surface area (Å²) in [6.07, 6.45) is 0.268. The number of hydrogen-bond donors (Lipinski definition) is 4. The molecule has 1 amide bonds. The van der Waals surface area contributed by atoms with Crippen LogP contribution in [0, 0.1) is 0 Å². The minimum absolute atomic E-state index is 0.00917. The van der Waals surface area contributed by atoms with Crippen molar-refractivity contribution in [1.82, 2.24) is 15.9 Å². The average Bonchev–Trinajstić information content (AvgIpc) is 3.03. The number of rotatable bonds is 5. The van der Waals surface area contributed by atoms with Crippen LogP contribution in [0.4, 0.5) is 4.79 Å². The lowest BCUT2D eigenvalue weighted by Gasteiger charge is -2.34. The number of ether oxygens (including phenoxy) is 2. The number of aliphatic hydroxyl groups is 1. The number of methoxy groups -OCH3 is 1. The Morgan fingerprint density at radius 2 is 2.15 bits per heavy atom. The molecule has 0 saturated heterocycles. The lowest BCUT2D eigenvalue weighted by Crippen LogP contribution is -2.91. The second-order valence-electron chi connectivity index (χ2n) is 7.52. The van der Waals surface area contributed by atoms with E-state index in [0.717, 1.165) is 22.7 Å². The van der Waals surface area contributed by atoms with Crippen molar-refractivity contribution in [2.45, 2.75) is 57.9 Å². The molecule has 0 saturated carbocycles. The van der Waals surface area contributed by atoms with Crippen molar-refractivity contribution >= 4 is 6.09 Å². The fourth-order valence-corrected chi connectivity index (χ4v) is 3.53. The van der Waals surface area contributed by atoms with Gasteiger partial charge >= 0.3 is 6.09 Å². The van der Waals surface area contributed by atoms with Crippen molar-refractivity contribution < 1.29 is 24.8 Å². The Labute approximate surface area is 159 Å². The first-order valence-corrected chi connectivity index (χ1v) is 9.24. The smallest absolute Gasteiger partial charge is 0.408 e. The van der Waals surface area contributed by atoms with E-state index in [1.165, 1.54) is 0 Å². The number of nitrogens with one attached hydrogen (secondary N) is 2. The van der Waals surface area contributed by atoms with Crippen LogP contribution < -0.4 is 21.0 Å². The van der Waals surface area contributed by atoms with Gasteiger partial charge in [0.05, 0.1) is 13.7 Å². The van der Waals surface area contributed by atoms with Crippen LogP contribution in [0.3, 0.4) is 0 Å². The molecule has 0 fully saturated rings. The monoisotopic (exact) mass is 377 g/mol. The minimum Gasteiger partial charge on any atom is -0.497 e. The van der Waals surface area contributed by atoms with Crippen molar-refractivity contribution in [3.05, 3.63) is 41.2 Å². The van der Waals surface area contributed by atoms with E-state index in [4.69, 9.17) is 9.47 Å². The summed E-state index contributed by atoms with van der Waals surface area (Å²) in [5.41, 5.74) is 6.68. The van der Waals surface area contributed by atoms with Gasteiger partial charge in [-0.2, -0.15) is 0 Å². The Morgan fingerprint density at radius 3 is 2.78 bits per heavy atom. The number of benzene rings is 1. The van der Waals surface area contributed by atoms with E-state index in [0.29, 0.717) is 19.4 Å². The Kier molecular flexibility index (Phi) is 5.59. The van der Waals surface area contributed by atoms with Crippen molar-refractivity contribution in [2.75, 3.05) is 7.11 Å². The Bertz CT molecular complexity index is 715. The molecule has 148 valence electrons. The van der Waals surface area contributed by atoms with E-state index < -0.39 is 11.7 Å². The van der Waals surface area contributed by atoms with Gasteiger partial charge in [-0.15, -0.1) is 0 Å². The zero-order valence-corrected chi connectivity index (χ0v) is 16.3. The average molecular weight is 377 g/mol. The predicted molar refractivity (Wildman–Crippen MR) is 99.0 cm³/mol. The second-order valence-corrected chi connectivity index (χ2v) is 7.52.